The maximum atomic E-state index is 5.94. The number of anilines is 2. The molecule has 5 nitrogen and oxygen atoms in total. The van der Waals surface area contributed by atoms with Gasteiger partial charge in [0, 0.05) is 11.9 Å². The molecule has 0 spiro atoms. The van der Waals surface area contributed by atoms with Crippen molar-refractivity contribution in [3.8, 4) is 0 Å². The van der Waals surface area contributed by atoms with Gasteiger partial charge < -0.3 is 16.8 Å². The third kappa shape index (κ3) is 4.72. The number of fused-ring (bicyclic) bond motifs is 1. The second kappa shape index (κ2) is 8.21. The molecule has 0 radical (unpaired) electrons. The Morgan fingerprint density at radius 3 is 2.62 bits per heavy atom. The number of nitrogens with two attached hydrogens (primary N) is 2. The van der Waals surface area contributed by atoms with Gasteiger partial charge in [-0.2, -0.15) is 4.98 Å². The van der Waals surface area contributed by atoms with Crippen LogP contribution in [-0.2, 0) is 0 Å². The van der Waals surface area contributed by atoms with E-state index in [9.17, 15) is 0 Å². The molecule has 0 saturated heterocycles. The summed E-state index contributed by atoms with van der Waals surface area (Å²) < 4.78 is 0. The van der Waals surface area contributed by atoms with Gasteiger partial charge in [0.1, 0.15) is 5.82 Å². The number of nitrogens with one attached hydrogen (secondary N) is 1. The van der Waals surface area contributed by atoms with Crippen molar-refractivity contribution in [3.63, 3.8) is 0 Å². The normalized spacial score (nSPS) is 11.3. The average molecular weight is 285 g/mol. The van der Waals surface area contributed by atoms with Crippen LogP contribution in [0.3, 0.4) is 0 Å². The zero-order valence-electron chi connectivity index (χ0n) is 12.3. The van der Waals surface area contributed by atoms with Crippen molar-refractivity contribution in [3.05, 3.63) is 36.4 Å². The molecule has 112 valence electrons. The lowest BCUT2D eigenvalue weighted by Crippen LogP contribution is -2.07. The van der Waals surface area contributed by atoms with E-state index < -0.39 is 0 Å². The molecule has 0 unspecified atom stereocenters. The highest BCUT2D eigenvalue weighted by atomic mass is 15.1. The molecule has 5 N–H and O–H groups in total. The maximum Gasteiger partial charge on any atom is 0.225 e. The van der Waals surface area contributed by atoms with Gasteiger partial charge in [0.2, 0.25) is 5.95 Å². The summed E-state index contributed by atoms with van der Waals surface area (Å²) in [6, 6.07) is 7.76. The molecule has 0 bridgehead atoms. The predicted octanol–water partition coefficient (Wildman–Crippen LogP) is 2.70. The van der Waals surface area contributed by atoms with Crippen molar-refractivity contribution in [2.75, 3.05) is 24.1 Å². The third-order valence-corrected chi connectivity index (χ3v) is 3.20. The van der Waals surface area contributed by atoms with Crippen molar-refractivity contribution in [1.82, 2.24) is 9.97 Å². The second-order valence-electron chi connectivity index (χ2n) is 4.92. The zero-order valence-corrected chi connectivity index (χ0v) is 12.3. The SMILES string of the molecule is NCCCC=CCCCNc1nc(N)c2ccccc2n1. The van der Waals surface area contributed by atoms with Crippen molar-refractivity contribution < 1.29 is 0 Å². The van der Waals surface area contributed by atoms with E-state index in [0.29, 0.717) is 11.8 Å². The Morgan fingerprint density at radius 2 is 1.81 bits per heavy atom. The van der Waals surface area contributed by atoms with Crippen molar-refractivity contribution in [1.29, 1.82) is 0 Å². The Morgan fingerprint density at radius 1 is 1.05 bits per heavy atom. The average Bonchev–Trinajstić information content (AvgIpc) is 2.50. The maximum absolute atomic E-state index is 5.94. The molecule has 0 fully saturated rings. The van der Waals surface area contributed by atoms with Gasteiger partial charge in [-0.3, -0.25) is 0 Å². The van der Waals surface area contributed by atoms with Crippen LogP contribution in [0.5, 0.6) is 0 Å². The number of nitrogens with zero attached hydrogens (tertiary/aromatic N) is 2. The molecule has 0 atom stereocenters. The molecule has 1 heterocycles. The summed E-state index contributed by atoms with van der Waals surface area (Å²) >= 11 is 0. The Kier molecular flexibility index (Phi) is 5.97. The second-order valence-corrected chi connectivity index (χ2v) is 4.92. The quantitative estimate of drug-likeness (QED) is 0.512. The Balaban J connectivity index is 1.80. The van der Waals surface area contributed by atoms with Crippen molar-refractivity contribution in [2.45, 2.75) is 25.7 Å². The minimum Gasteiger partial charge on any atom is -0.383 e. The van der Waals surface area contributed by atoms with Crippen LogP contribution in [0.1, 0.15) is 25.7 Å². The first-order valence-corrected chi connectivity index (χ1v) is 7.42. The number of benzene rings is 1. The van der Waals surface area contributed by atoms with Crippen LogP contribution in [0.15, 0.2) is 36.4 Å². The molecular weight excluding hydrogens is 262 g/mol. The number of allylic oxidation sites excluding steroid dienone is 2. The van der Waals surface area contributed by atoms with Crippen LogP contribution in [0, 0.1) is 0 Å². The highest BCUT2D eigenvalue weighted by Gasteiger charge is 2.03. The van der Waals surface area contributed by atoms with Crippen LogP contribution < -0.4 is 16.8 Å². The van der Waals surface area contributed by atoms with Gasteiger partial charge in [-0.15, -0.1) is 0 Å². The molecule has 0 amide bonds. The van der Waals surface area contributed by atoms with E-state index in [4.69, 9.17) is 11.5 Å². The number of nitrogen functional groups attached to an aromatic ring is 1. The minimum atomic E-state index is 0.518. The van der Waals surface area contributed by atoms with E-state index in [1.807, 2.05) is 24.3 Å². The number of hydrogen-bond acceptors (Lipinski definition) is 5. The van der Waals surface area contributed by atoms with Crippen LogP contribution >= 0.6 is 0 Å². The van der Waals surface area contributed by atoms with Crippen LogP contribution in [-0.4, -0.2) is 23.1 Å². The molecule has 0 aliphatic rings. The highest BCUT2D eigenvalue weighted by molar-refractivity contribution is 5.88. The summed E-state index contributed by atoms with van der Waals surface area (Å²) in [7, 11) is 0. The molecule has 21 heavy (non-hydrogen) atoms. The van der Waals surface area contributed by atoms with Gasteiger partial charge >= 0.3 is 0 Å². The highest BCUT2D eigenvalue weighted by Crippen LogP contribution is 2.18. The predicted molar refractivity (Wildman–Crippen MR) is 89.1 cm³/mol. The molecule has 2 rings (SSSR count). The molecule has 0 aliphatic carbocycles. The van der Waals surface area contributed by atoms with Gasteiger partial charge in [0.05, 0.1) is 5.52 Å². The van der Waals surface area contributed by atoms with Crippen LogP contribution in [0.4, 0.5) is 11.8 Å². The van der Waals surface area contributed by atoms with Gasteiger partial charge in [-0.25, -0.2) is 4.98 Å². The number of aromatic nitrogens is 2. The molecular formula is C16H23N5. The largest absolute Gasteiger partial charge is 0.383 e. The van der Waals surface area contributed by atoms with E-state index >= 15 is 0 Å². The Labute approximate surface area is 125 Å². The summed E-state index contributed by atoms with van der Waals surface area (Å²) in [4.78, 5) is 8.74. The van der Waals surface area contributed by atoms with Gasteiger partial charge in [0.25, 0.3) is 0 Å². The summed E-state index contributed by atoms with van der Waals surface area (Å²) in [6.45, 7) is 1.59. The zero-order chi connectivity index (χ0) is 14.9. The fourth-order valence-electron chi connectivity index (χ4n) is 2.07. The number of hydrogen-bond donors (Lipinski definition) is 3. The molecule has 1 aromatic heterocycles. The summed E-state index contributed by atoms with van der Waals surface area (Å²) in [5.74, 6) is 1.11. The molecule has 0 aliphatic heterocycles. The first kappa shape index (κ1) is 15.3. The summed E-state index contributed by atoms with van der Waals surface area (Å²) in [5, 5.41) is 4.12. The molecule has 2 aromatic rings. The summed E-state index contributed by atoms with van der Waals surface area (Å²) in [6.07, 6.45) is 8.59. The monoisotopic (exact) mass is 285 g/mol. The lowest BCUT2D eigenvalue weighted by atomic mass is 10.2. The lowest BCUT2D eigenvalue weighted by Gasteiger charge is -2.07. The number of para-hydroxylation sites is 1. The van der Waals surface area contributed by atoms with Gasteiger partial charge in [-0.05, 0) is 44.4 Å². The third-order valence-electron chi connectivity index (χ3n) is 3.20. The number of unbranched alkanes of at least 4 members (excludes halogenated alkanes) is 2. The van der Waals surface area contributed by atoms with Crippen LogP contribution in [0.25, 0.3) is 10.9 Å². The Hall–Kier alpha value is -2.14. The first-order chi connectivity index (χ1) is 10.3. The van der Waals surface area contributed by atoms with Crippen molar-refractivity contribution in [2.24, 2.45) is 5.73 Å². The molecule has 1 aromatic carbocycles. The fraction of sp³-hybridized carbons (Fsp3) is 0.375. The Bertz CT molecular complexity index is 594. The molecule has 5 heteroatoms. The smallest absolute Gasteiger partial charge is 0.225 e. The van der Waals surface area contributed by atoms with Gasteiger partial charge in [-0.1, -0.05) is 24.3 Å². The number of rotatable bonds is 8. The van der Waals surface area contributed by atoms with Gasteiger partial charge in [0.15, 0.2) is 0 Å². The van der Waals surface area contributed by atoms with E-state index in [0.717, 1.165) is 49.7 Å². The topological polar surface area (TPSA) is 89.8 Å². The van der Waals surface area contributed by atoms with E-state index in [1.54, 1.807) is 0 Å². The first-order valence-electron chi connectivity index (χ1n) is 7.42. The van der Waals surface area contributed by atoms with Crippen molar-refractivity contribution >= 4 is 22.7 Å². The minimum absolute atomic E-state index is 0.518. The van der Waals surface area contributed by atoms with E-state index in [2.05, 4.69) is 27.4 Å². The summed E-state index contributed by atoms with van der Waals surface area (Å²) in [5.41, 5.74) is 12.3. The fourth-order valence-corrected chi connectivity index (χ4v) is 2.07. The van der Waals surface area contributed by atoms with Crippen LogP contribution in [0.2, 0.25) is 0 Å². The van der Waals surface area contributed by atoms with E-state index in [1.165, 1.54) is 0 Å². The lowest BCUT2D eigenvalue weighted by molar-refractivity contribution is 0.839. The molecule has 0 saturated carbocycles. The standard InChI is InChI=1S/C16H23N5/c17-11-7-3-1-2-4-8-12-19-16-20-14-10-6-5-9-13(14)15(18)21-16/h1-2,5-6,9-10H,3-4,7-8,11-12,17H2,(H3,18,19,20,21). The van der Waals surface area contributed by atoms with E-state index in [-0.39, 0.29) is 0 Å².